The van der Waals surface area contributed by atoms with E-state index in [-0.39, 0.29) is 18.0 Å². The molecule has 0 bridgehead atoms. The second-order valence-electron chi connectivity index (χ2n) is 7.06. The molecule has 3 rings (SSSR count). The maximum Gasteiger partial charge on any atom is 0.266 e. The van der Waals surface area contributed by atoms with Gasteiger partial charge in [-0.25, -0.2) is 4.39 Å². The third-order valence-electron chi connectivity index (χ3n) is 4.80. The van der Waals surface area contributed by atoms with Crippen LogP contribution in [0.1, 0.15) is 23.6 Å². The Labute approximate surface area is 197 Å². The van der Waals surface area contributed by atoms with Gasteiger partial charge < -0.3 is 14.8 Å². The summed E-state index contributed by atoms with van der Waals surface area (Å²) in [4.78, 5) is 12.6. The Kier molecular flexibility index (Phi) is 8.06. The Hall–Kier alpha value is -3.82. The van der Waals surface area contributed by atoms with E-state index >= 15 is 0 Å². The van der Waals surface area contributed by atoms with E-state index in [1.54, 1.807) is 61.5 Å². The van der Waals surface area contributed by atoms with Crippen LogP contribution < -0.4 is 14.8 Å². The van der Waals surface area contributed by atoms with Gasteiger partial charge in [0.2, 0.25) is 0 Å². The summed E-state index contributed by atoms with van der Waals surface area (Å²) < 4.78 is 25.3. The van der Waals surface area contributed by atoms with Crippen LogP contribution in [0.15, 0.2) is 66.2 Å². The van der Waals surface area contributed by atoms with Crippen LogP contribution >= 0.6 is 11.6 Å². The van der Waals surface area contributed by atoms with Gasteiger partial charge in [-0.1, -0.05) is 41.9 Å². The Morgan fingerprint density at radius 2 is 1.91 bits per heavy atom. The molecule has 33 heavy (non-hydrogen) atoms. The predicted octanol–water partition coefficient (Wildman–Crippen LogP) is 6.31. The van der Waals surface area contributed by atoms with Crippen molar-refractivity contribution in [3.05, 3.63) is 93.8 Å². The standard InChI is InChI=1S/C26H22ClFN2O3/c1-3-32-25-14-18(11-12-24(25)33-16-19-7-4-5-9-22(19)28)13-20(15-29)26(31)30-23-10-6-8-21(27)17(23)2/h4-14H,3,16H2,1-2H3,(H,30,31)/b20-13+. The number of nitrogens with zero attached hydrogens (tertiary/aromatic N) is 1. The highest BCUT2D eigenvalue weighted by molar-refractivity contribution is 6.31. The number of nitriles is 1. The summed E-state index contributed by atoms with van der Waals surface area (Å²) in [5.74, 6) is -0.0592. The quantitative estimate of drug-likeness (QED) is 0.313. The molecule has 1 N–H and O–H groups in total. The highest BCUT2D eigenvalue weighted by atomic mass is 35.5. The molecule has 0 aliphatic carbocycles. The van der Waals surface area contributed by atoms with Crippen molar-refractivity contribution in [2.45, 2.75) is 20.5 Å². The van der Waals surface area contributed by atoms with E-state index in [9.17, 15) is 14.4 Å². The lowest BCUT2D eigenvalue weighted by molar-refractivity contribution is -0.112. The molecular weight excluding hydrogens is 443 g/mol. The summed E-state index contributed by atoms with van der Waals surface area (Å²) in [7, 11) is 0. The molecule has 0 fully saturated rings. The van der Waals surface area contributed by atoms with E-state index in [4.69, 9.17) is 21.1 Å². The minimum absolute atomic E-state index is 0.0345. The second-order valence-corrected chi connectivity index (χ2v) is 7.46. The van der Waals surface area contributed by atoms with Crippen molar-refractivity contribution in [1.82, 2.24) is 0 Å². The van der Waals surface area contributed by atoms with Crippen molar-refractivity contribution < 1.29 is 18.7 Å². The molecule has 0 atom stereocenters. The Balaban J connectivity index is 1.81. The summed E-state index contributed by atoms with van der Waals surface area (Å²) >= 11 is 6.10. The topological polar surface area (TPSA) is 71.3 Å². The molecule has 5 nitrogen and oxygen atoms in total. The Morgan fingerprint density at radius 3 is 2.64 bits per heavy atom. The predicted molar refractivity (Wildman–Crippen MR) is 127 cm³/mol. The normalized spacial score (nSPS) is 10.9. The molecule has 0 spiro atoms. The molecule has 0 heterocycles. The van der Waals surface area contributed by atoms with E-state index in [0.29, 0.717) is 45.5 Å². The minimum atomic E-state index is -0.555. The zero-order chi connectivity index (χ0) is 23.8. The first-order chi connectivity index (χ1) is 15.9. The fourth-order valence-electron chi connectivity index (χ4n) is 3.02. The average Bonchev–Trinajstić information content (AvgIpc) is 2.81. The fourth-order valence-corrected chi connectivity index (χ4v) is 3.20. The zero-order valence-corrected chi connectivity index (χ0v) is 18.9. The van der Waals surface area contributed by atoms with E-state index < -0.39 is 5.91 Å². The number of carbonyl (C=O) groups excluding carboxylic acids is 1. The summed E-state index contributed by atoms with van der Waals surface area (Å²) in [5, 5.41) is 12.8. The number of amides is 1. The van der Waals surface area contributed by atoms with Crippen molar-refractivity contribution in [2.24, 2.45) is 0 Å². The van der Waals surface area contributed by atoms with Crippen LogP contribution in [0, 0.1) is 24.1 Å². The smallest absolute Gasteiger partial charge is 0.266 e. The number of nitrogens with one attached hydrogen (secondary N) is 1. The van der Waals surface area contributed by atoms with E-state index in [1.807, 2.05) is 13.0 Å². The molecule has 7 heteroatoms. The first kappa shape index (κ1) is 23.8. The lowest BCUT2D eigenvalue weighted by Crippen LogP contribution is -2.14. The van der Waals surface area contributed by atoms with Crippen molar-refractivity contribution in [1.29, 1.82) is 5.26 Å². The van der Waals surface area contributed by atoms with E-state index in [2.05, 4.69) is 5.32 Å². The molecule has 0 saturated heterocycles. The number of rotatable bonds is 8. The van der Waals surface area contributed by atoms with E-state index in [0.717, 1.165) is 0 Å². The fraction of sp³-hybridized carbons (Fsp3) is 0.154. The van der Waals surface area contributed by atoms with Crippen LogP contribution in [0.4, 0.5) is 10.1 Å². The van der Waals surface area contributed by atoms with Gasteiger partial charge in [0, 0.05) is 16.3 Å². The van der Waals surface area contributed by atoms with Crippen LogP contribution in [0.5, 0.6) is 11.5 Å². The van der Waals surface area contributed by atoms with Crippen LogP contribution in [-0.4, -0.2) is 12.5 Å². The molecule has 0 aliphatic rings. The first-order valence-electron chi connectivity index (χ1n) is 10.2. The van der Waals surface area contributed by atoms with E-state index in [1.165, 1.54) is 12.1 Å². The molecule has 0 aliphatic heterocycles. The van der Waals surface area contributed by atoms with Gasteiger partial charge in [-0.05, 0) is 61.4 Å². The Morgan fingerprint density at radius 1 is 1.12 bits per heavy atom. The number of anilines is 1. The number of hydrogen-bond donors (Lipinski definition) is 1. The Bertz CT molecular complexity index is 1230. The summed E-state index contributed by atoms with van der Waals surface area (Å²) in [6.45, 7) is 4.02. The van der Waals surface area contributed by atoms with Crippen molar-refractivity contribution in [3.8, 4) is 17.6 Å². The molecule has 168 valence electrons. The summed E-state index contributed by atoms with van der Waals surface area (Å²) in [6.07, 6.45) is 1.46. The number of hydrogen-bond acceptors (Lipinski definition) is 4. The van der Waals surface area contributed by atoms with Crippen molar-refractivity contribution in [2.75, 3.05) is 11.9 Å². The largest absolute Gasteiger partial charge is 0.490 e. The van der Waals surface area contributed by atoms with Crippen LogP contribution in [0.2, 0.25) is 5.02 Å². The van der Waals surface area contributed by atoms with Gasteiger partial charge in [-0.2, -0.15) is 5.26 Å². The number of halogens is 2. The van der Waals surface area contributed by atoms with Gasteiger partial charge >= 0.3 is 0 Å². The lowest BCUT2D eigenvalue weighted by Gasteiger charge is -2.13. The molecule has 3 aromatic carbocycles. The van der Waals surface area contributed by atoms with Gasteiger partial charge in [-0.15, -0.1) is 0 Å². The third kappa shape index (κ3) is 6.12. The van der Waals surface area contributed by atoms with Crippen LogP contribution in [0.3, 0.4) is 0 Å². The van der Waals surface area contributed by atoms with Crippen LogP contribution in [0.25, 0.3) is 6.08 Å². The van der Waals surface area contributed by atoms with Crippen molar-refractivity contribution >= 4 is 29.3 Å². The van der Waals surface area contributed by atoms with Crippen molar-refractivity contribution in [3.63, 3.8) is 0 Å². The number of ether oxygens (including phenoxy) is 2. The number of benzene rings is 3. The molecule has 1 amide bonds. The molecule has 0 radical (unpaired) electrons. The maximum absolute atomic E-state index is 13.9. The highest BCUT2D eigenvalue weighted by Crippen LogP contribution is 2.30. The minimum Gasteiger partial charge on any atom is -0.490 e. The lowest BCUT2D eigenvalue weighted by atomic mass is 10.1. The zero-order valence-electron chi connectivity index (χ0n) is 18.2. The second kappa shape index (κ2) is 11.2. The van der Waals surface area contributed by atoms with Gasteiger partial charge in [0.1, 0.15) is 24.1 Å². The van der Waals surface area contributed by atoms with Gasteiger partial charge in [0.05, 0.1) is 6.61 Å². The average molecular weight is 465 g/mol. The first-order valence-corrected chi connectivity index (χ1v) is 10.6. The highest BCUT2D eigenvalue weighted by Gasteiger charge is 2.13. The van der Waals surface area contributed by atoms with Crippen LogP contribution in [-0.2, 0) is 11.4 Å². The third-order valence-corrected chi connectivity index (χ3v) is 5.21. The SMILES string of the molecule is CCOc1cc(/C=C(\C#N)C(=O)Nc2cccc(Cl)c2C)ccc1OCc1ccccc1F. The molecule has 0 aromatic heterocycles. The summed E-state index contributed by atoms with van der Waals surface area (Å²) in [6, 6.07) is 18.4. The molecule has 0 unspecified atom stereocenters. The monoisotopic (exact) mass is 464 g/mol. The van der Waals surface area contributed by atoms with Gasteiger partial charge in [0.15, 0.2) is 11.5 Å². The number of carbonyl (C=O) groups is 1. The summed E-state index contributed by atoms with van der Waals surface area (Å²) in [5.41, 5.74) is 2.15. The molecule has 3 aromatic rings. The van der Waals surface area contributed by atoms with Gasteiger partial charge in [-0.3, -0.25) is 4.79 Å². The maximum atomic E-state index is 13.9. The van der Waals surface area contributed by atoms with Gasteiger partial charge in [0.25, 0.3) is 5.91 Å². The molecule has 0 saturated carbocycles. The molecular formula is C26H22ClFN2O3.